The van der Waals surface area contributed by atoms with Crippen LogP contribution in [0.25, 0.3) is 0 Å². The van der Waals surface area contributed by atoms with E-state index < -0.39 is 0 Å². The molecule has 33 heavy (non-hydrogen) atoms. The summed E-state index contributed by atoms with van der Waals surface area (Å²) in [4.78, 5) is 12.4. The van der Waals surface area contributed by atoms with Crippen LogP contribution in [0.2, 0.25) is 10.0 Å². The van der Waals surface area contributed by atoms with Crippen molar-refractivity contribution in [1.82, 2.24) is 0 Å². The van der Waals surface area contributed by atoms with E-state index in [9.17, 15) is 4.79 Å². The highest BCUT2D eigenvalue weighted by molar-refractivity contribution is 6.55. The zero-order valence-electron chi connectivity index (χ0n) is 17.4. The Kier molecular flexibility index (Phi) is 9.76. The van der Waals surface area contributed by atoms with Crippen LogP contribution >= 0.6 is 46.4 Å². The van der Waals surface area contributed by atoms with E-state index in [0.717, 1.165) is 0 Å². The van der Waals surface area contributed by atoms with E-state index in [0.29, 0.717) is 58.1 Å². The molecule has 0 unspecified atom stereocenters. The zero-order valence-corrected chi connectivity index (χ0v) is 20.4. The maximum absolute atomic E-state index is 12.4. The summed E-state index contributed by atoms with van der Waals surface area (Å²) in [6, 6.07) is 19.4. The average molecular weight is 526 g/mol. The van der Waals surface area contributed by atoms with E-state index in [-0.39, 0.29) is 16.9 Å². The van der Waals surface area contributed by atoms with E-state index in [1.807, 2.05) is 18.2 Å². The molecular formula is C25H20Cl4O4. The molecule has 172 valence electrons. The molecule has 0 amide bonds. The lowest BCUT2D eigenvalue weighted by molar-refractivity contribution is 0.103. The van der Waals surface area contributed by atoms with Gasteiger partial charge in [-0.1, -0.05) is 76.7 Å². The van der Waals surface area contributed by atoms with Gasteiger partial charge in [-0.25, -0.2) is 0 Å². The molecule has 0 spiro atoms. The summed E-state index contributed by atoms with van der Waals surface area (Å²) in [5.74, 6) is 1.49. The number of ether oxygens (including phenoxy) is 3. The Morgan fingerprint density at radius 3 is 2.00 bits per heavy atom. The lowest BCUT2D eigenvalue weighted by atomic mass is 10.0. The highest BCUT2D eigenvalue weighted by Crippen LogP contribution is 2.37. The number of rotatable bonds is 11. The molecule has 0 aromatic heterocycles. The number of hydrogen-bond acceptors (Lipinski definition) is 4. The first-order valence-electron chi connectivity index (χ1n) is 10.0. The van der Waals surface area contributed by atoms with Gasteiger partial charge in [0.2, 0.25) is 0 Å². The summed E-state index contributed by atoms with van der Waals surface area (Å²) in [5.41, 5.74) is 1.26. The predicted octanol–water partition coefficient (Wildman–Crippen LogP) is 7.77. The normalized spacial score (nSPS) is 10.4. The van der Waals surface area contributed by atoms with Crippen LogP contribution in [0.3, 0.4) is 0 Å². The van der Waals surface area contributed by atoms with Gasteiger partial charge in [-0.3, -0.25) is 4.79 Å². The van der Waals surface area contributed by atoms with Crippen molar-refractivity contribution in [3.05, 3.63) is 98.5 Å². The molecule has 3 rings (SSSR count). The molecule has 0 saturated carbocycles. The maximum Gasteiger partial charge on any atom is 0.193 e. The second kappa shape index (κ2) is 12.8. The molecule has 0 heterocycles. The van der Waals surface area contributed by atoms with Crippen molar-refractivity contribution in [2.45, 2.75) is 6.42 Å². The summed E-state index contributed by atoms with van der Waals surface area (Å²) in [7, 11) is 0. The third-order valence-electron chi connectivity index (χ3n) is 4.42. The Hall–Kier alpha value is -2.37. The van der Waals surface area contributed by atoms with E-state index in [1.165, 1.54) is 6.08 Å². The first kappa shape index (κ1) is 25.3. The molecule has 8 heteroatoms. The van der Waals surface area contributed by atoms with Gasteiger partial charge in [0.05, 0.1) is 23.3 Å². The Bertz CT molecular complexity index is 1070. The second-order valence-corrected chi connectivity index (χ2v) is 8.61. The van der Waals surface area contributed by atoms with Gasteiger partial charge >= 0.3 is 0 Å². The Morgan fingerprint density at radius 1 is 0.758 bits per heavy atom. The fourth-order valence-corrected chi connectivity index (χ4v) is 3.54. The van der Waals surface area contributed by atoms with E-state index in [1.54, 1.807) is 48.5 Å². The fourth-order valence-electron chi connectivity index (χ4n) is 2.84. The highest BCUT2D eigenvalue weighted by Gasteiger charge is 2.11. The number of hydrogen-bond donors (Lipinski definition) is 0. The van der Waals surface area contributed by atoms with Gasteiger partial charge < -0.3 is 14.2 Å². The van der Waals surface area contributed by atoms with Gasteiger partial charge in [0, 0.05) is 29.7 Å². The molecule has 0 N–H and O–H groups in total. The Morgan fingerprint density at radius 2 is 1.36 bits per heavy atom. The van der Waals surface area contributed by atoms with Crippen molar-refractivity contribution in [2.75, 3.05) is 19.8 Å². The summed E-state index contributed by atoms with van der Waals surface area (Å²) >= 11 is 23.6. The van der Waals surface area contributed by atoms with Crippen LogP contribution < -0.4 is 14.2 Å². The van der Waals surface area contributed by atoms with Gasteiger partial charge in [0.25, 0.3) is 0 Å². The topological polar surface area (TPSA) is 44.8 Å². The summed E-state index contributed by atoms with van der Waals surface area (Å²) in [5, 5.41) is 0.663. The van der Waals surface area contributed by atoms with Crippen molar-refractivity contribution in [2.24, 2.45) is 0 Å². The third-order valence-corrected chi connectivity index (χ3v) is 5.29. The van der Waals surface area contributed by atoms with Gasteiger partial charge in [-0.15, -0.1) is 0 Å². The number of halogens is 4. The number of carbonyl (C=O) groups is 1. The molecule has 0 fully saturated rings. The Labute approximate surface area is 212 Å². The van der Waals surface area contributed by atoms with E-state index in [4.69, 9.17) is 60.6 Å². The van der Waals surface area contributed by atoms with Gasteiger partial charge in [-0.2, -0.15) is 0 Å². The molecule has 3 aromatic carbocycles. The molecule has 0 bridgehead atoms. The molecule has 0 atom stereocenters. The van der Waals surface area contributed by atoms with Crippen LogP contribution in [0.4, 0.5) is 0 Å². The second-order valence-electron chi connectivity index (χ2n) is 6.79. The van der Waals surface area contributed by atoms with Crippen LogP contribution in [-0.4, -0.2) is 25.6 Å². The molecule has 0 aliphatic rings. The van der Waals surface area contributed by atoms with Crippen molar-refractivity contribution < 1.29 is 19.0 Å². The molecule has 3 aromatic rings. The standard InChI is InChI=1S/C25H20Cl4O4/c26-21-15-20(32-14-11-23(28)29)16-22(27)25(21)33-13-4-12-31-19-9-7-18(8-10-19)24(30)17-5-2-1-3-6-17/h1-3,5-11,15-16H,4,12-14H2. The summed E-state index contributed by atoms with van der Waals surface area (Å²) in [6.07, 6.45) is 2.11. The molecule has 0 saturated heterocycles. The highest BCUT2D eigenvalue weighted by atomic mass is 35.5. The van der Waals surface area contributed by atoms with Crippen LogP contribution in [-0.2, 0) is 0 Å². The van der Waals surface area contributed by atoms with Crippen LogP contribution in [0.15, 0.2) is 77.3 Å². The first-order chi connectivity index (χ1) is 15.9. The molecule has 4 nitrogen and oxygen atoms in total. The quantitative estimate of drug-likeness (QED) is 0.189. The minimum atomic E-state index is -0.0277. The van der Waals surface area contributed by atoms with Crippen LogP contribution in [0, 0.1) is 0 Å². The largest absolute Gasteiger partial charge is 0.493 e. The smallest absolute Gasteiger partial charge is 0.193 e. The van der Waals surface area contributed by atoms with Crippen LogP contribution in [0.1, 0.15) is 22.3 Å². The van der Waals surface area contributed by atoms with Gasteiger partial charge in [0.15, 0.2) is 11.5 Å². The van der Waals surface area contributed by atoms with Crippen molar-refractivity contribution >= 4 is 52.2 Å². The number of ketones is 1. The predicted molar refractivity (Wildman–Crippen MR) is 134 cm³/mol. The SMILES string of the molecule is O=C(c1ccccc1)c1ccc(OCCCOc2c(Cl)cc(OCC=C(Cl)Cl)cc2Cl)cc1. The van der Waals surface area contributed by atoms with Crippen molar-refractivity contribution in [1.29, 1.82) is 0 Å². The van der Waals surface area contributed by atoms with E-state index >= 15 is 0 Å². The van der Waals surface area contributed by atoms with Gasteiger partial charge in [-0.05, 0) is 30.3 Å². The van der Waals surface area contributed by atoms with Crippen LogP contribution in [0.5, 0.6) is 17.2 Å². The first-order valence-corrected chi connectivity index (χ1v) is 11.5. The van der Waals surface area contributed by atoms with Gasteiger partial charge in [0.1, 0.15) is 22.6 Å². The molecule has 0 radical (unpaired) electrons. The van der Waals surface area contributed by atoms with E-state index in [2.05, 4.69) is 0 Å². The van der Waals surface area contributed by atoms with Crippen molar-refractivity contribution in [3.63, 3.8) is 0 Å². The number of carbonyl (C=O) groups excluding carboxylic acids is 1. The molecule has 0 aliphatic carbocycles. The Balaban J connectivity index is 1.44. The lowest BCUT2D eigenvalue weighted by Gasteiger charge is -2.12. The summed E-state index contributed by atoms with van der Waals surface area (Å²) < 4.78 is 17.0. The minimum absolute atomic E-state index is 0.0277. The average Bonchev–Trinajstić information content (AvgIpc) is 2.80. The maximum atomic E-state index is 12.4. The summed E-state index contributed by atoms with van der Waals surface area (Å²) in [6.45, 7) is 0.969. The minimum Gasteiger partial charge on any atom is -0.493 e. The van der Waals surface area contributed by atoms with Crippen molar-refractivity contribution in [3.8, 4) is 17.2 Å². The molecular weight excluding hydrogens is 506 g/mol. The lowest BCUT2D eigenvalue weighted by Crippen LogP contribution is -2.06. The molecule has 0 aliphatic heterocycles. The fraction of sp³-hybridized carbons (Fsp3) is 0.160. The third kappa shape index (κ3) is 7.86. The zero-order chi connectivity index (χ0) is 23.6. The monoisotopic (exact) mass is 524 g/mol. The number of benzene rings is 3.